The van der Waals surface area contributed by atoms with E-state index >= 15 is 0 Å². The van der Waals surface area contributed by atoms with Gasteiger partial charge in [-0.3, -0.25) is 4.79 Å². The monoisotopic (exact) mass is 442 g/mol. The molecule has 0 aliphatic rings. The Morgan fingerprint density at radius 3 is 2.69 bits per heavy atom. The Kier molecular flexibility index (Phi) is 5.85. The van der Waals surface area contributed by atoms with Crippen molar-refractivity contribution in [3.05, 3.63) is 75.5 Å². The first-order chi connectivity index (χ1) is 14.1. The van der Waals surface area contributed by atoms with E-state index in [-0.39, 0.29) is 5.56 Å². The molecule has 0 spiro atoms. The Bertz CT molecular complexity index is 1220. The third-order valence-corrected chi connectivity index (χ3v) is 6.30. The van der Waals surface area contributed by atoms with Crippen LogP contribution in [0.25, 0.3) is 21.2 Å². The zero-order valence-corrected chi connectivity index (χ0v) is 18.3. The molecule has 4 rings (SSSR count). The highest BCUT2D eigenvalue weighted by Gasteiger charge is 2.16. The SMILES string of the molecule is CCSNc1ccc(Oc2ccc(Cl)cc2)c(-c2cn(C)c(=O)c3ccsc23)c1. The van der Waals surface area contributed by atoms with Crippen LogP contribution in [0.5, 0.6) is 11.5 Å². The summed E-state index contributed by atoms with van der Waals surface area (Å²) in [6, 6.07) is 15.2. The molecule has 1 N–H and O–H groups in total. The summed E-state index contributed by atoms with van der Waals surface area (Å²) < 4.78 is 12.1. The maximum atomic E-state index is 12.5. The molecule has 0 saturated carbocycles. The van der Waals surface area contributed by atoms with Gasteiger partial charge in [-0.05, 0) is 53.9 Å². The van der Waals surface area contributed by atoms with Crippen molar-refractivity contribution < 1.29 is 4.74 Å². The number of hydrogen-bond acceptors (Lipinski definition) is 5. The molecule has 0 atom stereocenters. The van der Waals surface area contributed by atoms with Crippen LogP contribution in [-0.4, -0.2) is 10.3 Å². The second-order valence-electron chi connectivity index (χ2n) is 6.42. The lowest BCUT2D eigenvalue weighted by molar-refractivity contribution is 0.484. The molecule has 2 aromatic carbocycles. The predicted octanol–water partition coefficient (Wildman–Crippen LogP) is 6.79. The van der Waals surface area contributed by atoms with Crippen LogP contribution >= 0.6 is 34.9 Å². The van der Waals surface area contributed by atoms with E-state index in [2.05, 4.69) is 17.7 Å². The van der Waals surface area contributed by atoms with Crippen LogP contribution in [0, 0.1) is 0 Å². The van der Waals surface area contributed by atoms with Gasteiger partial charge in [0.15, 0.2) is 0 Å². The highest BCUT2D eigenvalue weighted by molar-refractivity contribution is 8.00. The van der Waals surface area contributed by atoms with Crippen molar-refractivity contribution in [2.24, 2.45) is 7.05 Å². The molecular weight excluding hydrogens is 424 g/mol. The quantitative estimate of drug-likeness (QED) is 0.334. The van der Waals surface area contributed by atoms with Crippen LogP contribution in [-0.2, 0) is 7.05 Å². The van der Waals surface area contributed by atoms with E-state index in [1.165, 1.54) is 0 Å². The minimum atomic E-state index is 0.000915. The van der Waals surface area contributed by atoms with Gasteiger partial charge < -0.3 is 14.0 Å². The van der Waals surface area contributed by atoms with E-state index in [0.29, 0.717) is 21.9 Å². The first-order valence-electron chi connectivity index (χ1n) is 9.09. The molecule has 2 aromatic heterocycles. The van der Waals surface area contributed by atoms with Gasteiger partial charge in [0.05, 0.1) is 5.39 Å². The normalized spacial score (nSPS) is 11.0. The van der Waals surface area contributed by atoms with Crippen molar-refractivity contribution in [3.63, 3.8) is 0 Å². The minimum Gasteiger partial charge on any atom is -0.457 e. The summed E-state index contributed by atoms with van der Waals surface area (Å²) in [6.07, 6.45) is 1.88. The minimum absolute atomic E-state index is 0.000915. The van der Waals surface area contributed by atoms with Crippen LogP contribution in [0.2, 0.25) is 5.02 Å². The fourth-order valence-electron chi connectivity index (χ4n) is 3.06. The number of pyridine rings is 1. The van der Waals surface area contributed by atoms with Crippen molar-refractivity contribution in [1.29, 1.82) is 0 Å². The lowest BCUT2D eigenvalue weighted by Gasteiger charge is -2.15. The number of rotatable bonds is 6. The molecule has 0 unspecified atom stereocenters. The molecule has 0 aliphatic heterocycles. The van der Waals surface area contributed by atoms with Gasteiger partial charge in [-0.2, -0.15) is 0 Å². The Morgan fingerprint density at radius 2 is 1.93 bits per heavy atom. The van der Waals surface area contributed by atoms with Gasteiger partial charge in [0, 0.05) is 45.5 Å². The molecule has 0 radical (unpaired) electrons. The topological polar surface area (TPSA) is 43.3 Å². The molecule has 7 heteroatoms. The number of hydrogen-bond donors (Lipinski definition) is 1. The van der Waals surface area contributed by atoms with E-state index < -0.39 is 0 Å². The van der Waals surface area contributed by atoms with Gasteiger partial charge in [-0.1, -0.05) is 30.5 Å². The average molecular weight is 443 g/mol. The van der Waals surface area contributed by atoms with Crippen LogP contribution in [0.15, 0.2) is 64.9 Å². The Labute approximate surface area is 182 Å². The van der Waals surface area contributed by atoms with E-state index in [1.54, 1.807) is 47.0 Å². The van der Waals surface area contributed by atoms with E-state index in [9.17, 15) is 4.79 Å². The summed E-state index contributed by atoms with van der Waals surface area (Å²) in [5.74, 6) is 2.37. The maximum Gasteiger partial charge on any atom is 0.259 e. The number of nitrogens with zero attached hydrogens (tertiary/aromatic N) is 1. The lowest BCUT2D eigenvalue weighted by atomic mass is 10.0. The fourth-order valence-corrected chi connectivity index (χ4v) is 4.53. The first-order valence-corrected chi connectivity index (χ1v) is 11.3. The molecule has 29 heavy (non-hydrogen) atoms. The smallest absolute Gasteiger partial charge is 0.259 e. The van der Waals surface area contributed by atoms with Crippen LogP contribution in [0.1, 0.15) is 6.92 Å². The molecule has 0 saturated heterocycles. The lowest BCUT2D eigenvalue weighted by Crippen LogP contribution is -2.15. The number of aryl methyl sites for hydroxylation is 1. The standard InChI is InChI=1S/C22H19ClN2O2S2/c1-3-29-24-15-6-9-20(27-16-7-4-14(23)5-8-16)18(12-15)19-13-25(2)22(26)17-10-11-28-21(17)19/h4-13,24H,3H2,1-2H3. The summed E-state index contributed by atoms with van der Waals surface area (Å²) >= 11 is 9.19. The van der Waals surface area contributed by atoms with Crippen molar-refractivity contribution in [2.75, 3.05) is 10.5 Å². The Hall–Kier alpha value is -2.41. The Balaban J connectivity index is 1.87. The number of aromatic nitrogens is 1. The zero-order chi connectivity index (χ0) is 20.4. The van der Waals surface area contributed by atoms with Crippen molar-refractivity contribution >= 4 is 50.7 Å². The van der Waals surface area contributed by atoms with Crippen molar-refractivity contribution in [3.8, 4) is 22.6 Å². The van der Waals surface area contributed by atoms with Gasteiger partial charge in [0.25, 0.3) is 5.56 Å². The molecule has 4 aromatic rings. The number of halogens is 1. The second-order valence-corrected chi connectivity index (χ2v) is 8.85. The van der Waals surface area contributed by atoms with Gasteiger partial charge in [0.2, 0.25) is 0 Å². The number of nitrogens with one attached hydrogen (secondary N) is 1. The number of anilines is 1. The molecule has 2 heterocycles. The fraction of sp³-hybridized carbons (Fsp3) is 0.136. The molecule has 0 bridgehead atoms. The molecule has 4 nitrogen and oxygen atoms in total. The summed E-state index contributed by atoms with van der Waals surface area (Å²) in [7, 11) is 1.78. The largest absolute Gasteiger partial charge is 0.457 e. The summed E-state index contributed by atoms with van der Waals surface area (Å²) in [4.78, 5) is 12.5. The molecular formula is C22H19ClN2O2S2. The summed E-state index contributed by atoms with van der Waals surface area (Å²) in [6.45, 7) is 2.10. The van der Waals surface area contributed by atoms with Crippen LogP contribution < -0.4 is 15.0 Å². The molecule has 0 aliphatic carbocycles. The molecule has 148 valence electrons. The number of ether oxygens (including phenoxy) is 1. The molecule has 0 fully saturated rings. The summed E-state index contributed by atoms with van der Waals surface area (Å²) in [5, 5.41) is 3.32. The van der Waals surface area contributed by atoms with Crippen LogP contribution in [0.3, 0.4) is 0 Å². The van der Waals surface area contributed by atoms with E-state index in [0.717, 1.165) is 27.3 Å². The summed E-state index contributed by atoms with van der Waals surface area (Å²) in [5.41, 5.74) is 2.87. The Morgan fingerprint density at radius 1 is 1.14 bits per heavy atom. The highest BCUT2D eigenvalue weighted by atomic mass is 35.5. The van der Waals surface area contributed by atoms with Crippen LogP contribution in [0.4, 0.5) is 5.69 Å². The van der Waals surface area contributed by atoms with Gasteiger partial charge >= 0.3 is 0 Å². The second kappa shape index (κ2) is 8.53. The van der Waals surface area contributed by atoms with E-state index in [1.807, 2.05) is 41.9 Å². The molecule has 0 amide bonds. The van der Waals surface area contributed by atoms with E-state index in [4.69, 9.17) is 16.3 Å². The van der Waals surface area contributed by atoms with Crippen molar-refractivity contribution in [1.82, 2.24) is 4.57 Å². The maximum absolute atomic E-state index is 12.5. The van der Waals surface area contributed by atoms with Gasteiger partial charge in [0.1, 0.15) is 11.5 Å². The number of thiophene rings is 1. The first kappa shape index (κ1) is 19.9. The van der Waals surface area contributed by atoms with Crippen molar-refractivity contribution in [2.45, 2.75) is 6.92 Å². The third kappa shape index (κ3) is 4.15. The number of benzene rings is 2. The zero-order valence-electron chi connectivity index (χ0n) is 15.9. The average Bonchev–Trinajstić information content (AvgIpc) is 3.22. The van der Waals surface area contributed by atoms with Gasteiger partial charge in [-0.25, -0.2) is 0 Å². The highest BCUT2D eigenvalue weighted by Crippen LogP contribution is 2.40. The third-order valence-electron chi connectivity index (χ3n) is 4.43. The predicted molar refractivity (Wildman–Crippen MR) is 126 cm³/mol. The number of fused-ring (bicyclic) bond motifs is 1. The van der Waals surface area contributed by atoms with Gasteiger partial charge in [-0.15, -0.1) is 11.3 Å².